The van der Waals surface area contributed by atoms with Crippen molar-refractivity contribution in [2.45, 2.75) is 25.9 Å². The van der Waals surface area contributed by atoms with Gasteiger partial charge in [-0.25, -0.2) is 0 Å². The molecule has 0 amide bonds. The molecule has 0 saturated heterocycles. The first kappa shape index (κ1) is 12.3. The van der Waals surface area contributed by atoms with Crippen molar-refractivity contribution in [1.82, 2.24) is 0 Å². The molecule has 0 saturated carbocycles. The van der Waals surface area contributed by atoms with E-state index in [2.05, 4.69) is 74.5 Å². The van der Waals surface area contributed by atoms with Gasteiger partial charge in [-0.1, -0.05) is 74.5 Å². The van der Waals surface area contributed by atoms with Gasteiger partial charge in [0.05, 0.1) is 0 Å². The topological polar surface area (TPSA) is 0 Å². The Hall–Kier alpha value is -1.13. The van der Waals surface area contributed by atoms with E-state index in [-0.39, 0.29) is 7.92 Å². The second kappa shape index (κ2) is 5.98. The van der Waals surface area contributed by atoms with Gasteiger partial charge in [0, 0.05) is 0 Å². The first-order valence-electron chi connectivity index (χ1n) is 6.22. The molecule has 0 nitrogen and oxygen atoms in total. The molecule has 0 bridgehead atoms. The molecule has 0 aromatic heterocycles. The third kappa shape index (κ3) is 2.96. The fourth-order valence-electron chi connectivity index (χ4n) is 2.02. The van der Waals surface area contributed by atoms with Crippen LogP contribution >= 0.6 is 7.92 Å². The summed E-state index contributed by atoms with van der Waals surface area (Å²) in [6, 6.07) is 21.9. The molecule has 2 rings (SSSR count). The minimum Gasteiger partial charge on any atom is -0.0648 e. The van der Waals surface area contributed by atoms with Crippen LogP contribution in [0.4, 0.5) is 0 Å². The molecule has 0 aliphatic heterocycles. The molecular formula is C16H19P. The Bertz CT molecular complexity index is 396. The third-order valence-electron chi connectivity index (χ3n) is 3.10. The van der Waals surface area contributed by atoms with Gasteiger partial charge in [-0.05, 0) is 30.6 Å². The van der Waals surface area contributed by atoms with Gasteiger partial charge in [0.2, 0.25) is 0 Å². The monoisotopic (exact) mass is 242 g/mol. The smallest absolute Gasteiger partial charge is 0.0160 e. The summed E-state index contributed by atoms with van der Waals surface area (Å²) < 4.78 is 0. The molecule has 0 unspecified atom stereocenters. The van der Waals surface area contributed by atoms with Gasteiger partial charge in [-0.15, -0.1) is 0 Å². The van der Waals surface area contributed by atoms with Crippen molar-refractivity contribution in [3.05, 3.63) is 60.7 Å². The van der Waals surface area contributed by atoms with Gasteiger partial charge in [0.1, 0.15) is 0 Å². The summed E-state index contributed by atoms with van der Waals surface area (Å²) in [7, 11) is -0.212. The van der Waals surface area contributed by atoms with Crippen LogP contribution in [-0.4, -0.2) is 5.66 Å². The number of hydrogen-bond donors (Lipinski definition) is 0. The quantitative estimate of drug-likeness (QED) is 0.713. The van der Waals surface area contributed by atoms with Crippen molar-refractivity contribution in [1.29, 1.82) is 0 Å². The molecule has 0 N–H and O–H groups in total. The van der Waals surface area contributed by atoms with E-state index < -0.39 is 0 Å². The van der Waals surface area contributed by atoms with Gasteiger partial charge in [0.15, 0.2) is 0 Å². The first-order valence-corrected chi connectivity index (χ1v) is 7.63. The minimum absolute atomic E-state index is 0.212. The molecule has 88 valence electrons. The fourth-order valence-corrected chi connectivity index (χ4v) is 4.69. The predicted octanol–water partition coefficient (Wildman–Crippen LogP) is 3.92. The van der Waals surface area contributed by atoms with Gasteiger partial charge in [0.25, 0.3) is 0 Å². The lowest BCUT2D eigenvalue weighted by atomic mass is 10.3. The van der Waals surface area contributed by atoms with E-state index >= 15 is 0 Å². The van der Waals surface area contributed by atoms with E-state index in [9.17, 15) is 0 Å². The zero-order valence-electron chi connectivity index (χ0n) is 10.5. The molecule has 0 heterocycles. The maximum Gasteiger partial charge on any atom is -0.0160 e. The highest BCUT2D eigenvalue weighted by molar-refractivity contribution is 7.73. The summed E-state index contributed by atoms with van der Waals surface area (Å²) in [6.07, 6.45) is 1.23. The van der Waals surface area contributed by atoms with Crippen LogP contribution in [0.25, 0.3) is 0 Å². The van der Waals surface area contributed by atoms with Crippen molar-refractivity contribution in [2.75, 3.05) is 0 Å². The Labute approximate surface area is 105 Å². The van der Waals surface area contributed by atoms with E-state index in [0.29, 0.717) is 0 Å². The summed E-state index contributed by atoms with van der Waals surface area (Å²) in [5, 5.41) is 2.98. The molecule has 0 fully saturated rings. The van der Waals surface area contributed by atoms with Crippen LogP contribution in [-0.2, 0) is 0 Å². The van der Waals surface area contributed by atoms with Gasteiger partial charge < -0.3 is 0 Å². The Balaban J connectivity index is 2.39. The second-order valence-corrected chi connectivity index (χ2v) is 6.95. The van der Waals surface area contributed by atoms with Crippen molar-refractivity contribution in [2.24, 2.45) is 0 Å². The van der Waals surface area contributed by atoms with Crippen molar-refractivity contribution < 1.29 is 0 Å². The van der Waals surface area contributed by atoms with Crippen molar-refractivity contribution in [3.8, 4) is 0 Å². The summed E-state index contributed by atoms with van der Waals surface area (Å²) in [5.74, 6) is 0. The van der Waals surface area contributed by atoms with Crippen LogP contribution in [0.3, 0.4) is 0 Å². The standard InChI is InChI=1S/C16H19P/c1-3-14(2)17(15-10-6-4-7-11-15)16-12-8-5-9-13-16/h4-14H,3H2,1-2H3/t14-/m0/s1. The van der Waals surface area contributed by atoms with E-state index in [4.69, 9.17) is 0 Å². The van der Waals surface area contributed by atoms with Crippen LogP contribution in [0.2, 0.25) is 0 Å². The van der Waals surface area contributed by atoms with E-state index in [1.807, 2.05) is 0 Å². The molecule has 2 aromatic carbocycles. The fraction of sp³-hybridized carbons (Fsp3) is 0.250. The third-order valence-corrected chi connectivity index (χ3v) is 6.06. The lowest BCUT2D eigenvalue weighted by molar-refractivity contribution is 0.899. The average molecular weight is 242 g/mol. The van der Waals surface area contributed by atoms with E-state index in [1.54, 1.807) is 0 Å². The largest absolute Gasteiger partial charge is 0.0648 e. The van der Waals surface area contributed by atoms with Gasteiger partial charge >= 0.3 is 0 Å². The lowest BCUT2D eigenvalue weighted by Crippen LogP contribution is -2.19. The van der Waals surface area contributed by atoms with E-state index in [0.717, 1.165) is 5.66 Å². The first-order chi connectivity index (χ1) is 8.33. The zero-order chi connectivity index (χ0) is 12.1. The molecule has 0 aliphatic carbocycles. The molecule has 0 radical (unpaired) electrons. The molecular weight excluding hydrogens is 223 g/mol. The van der Waals surface area contributed by atoms with E-state index in [1.165, 1.54) is 17.0 Å². The maximum atomic E-state index is 2.37. The minimum atomic E-state index is -0.212. The van der Waals surface area contributed by atoms with Crippen LogP contribution in [0.1, 0.15) is 20.3 Å². The summed E-state index contributed by atoms with van der Waals surface area (Å²) in [4.78, 5) is 0. The number of hydrogen-bond acceptors (Lipinski definition) is 0. The SMILES string of the molecule is CC[C@H](C)P(c1ccccc1)c1ccccc1. The number of benzene rings is 2. The van der Waals surface area contributed by atoms with Gasteiger partial charge in [-0.2, -0.15) is 0 Å². The van der Waals surface area contributed by atoms with Gasteiger partial charge in [-0.3, -0.25) is 0 Å². The Morgan fingerprint density at radius 3 is 1.59 bits per heavy atom. The Morgan fingerprint density at radius 2 is 1.24 bits per heavy atom. The van der Waals surface area contributed by atoms with Crippen LogP contribution in [0.5, 0.6) is 0 Å². The Kier molecular flexibility index (Phi) is 4.34. The second-order valence-electron chi connectivity index (χ2n) is 4.30. The van der Waals surface area contributed by atoms with Crippen LogP contribution in [0.15, 0.2) is 60.7 Å². The highest BCUT2D eigenvalue weighted by Gasteiger charge is 2.18. The van der Waals surface area contributed by atoms with Crippen molar-refractivity contribution in [3.63, 3.8) is 0 Å². The number of rotatable bonds is 4. The summed E-state index contributed by atoms with van der Waals surface area (Å²) >= 11 is 0. The predicted molar refractivity (Wildman–Crippen MR) is 78.8 cm³/mol. The normalized spacial score (nSPS) is 12.6. The van der Waals surface area contributed by atoms with Crippen molar-refractivity contribution >= 4 is 18.5 Å². The van der Waals surface area contributed by atoms with Crippen LogP contribution < -0.4 is 10.6 Å². The molecule has 0 aliphatic rings. The molecule has 17 heavy (non-hydrogen) atoms. The highest BCUT2D eigenvalue weighted by Crippen LogP contribution is 2.40. The summed E-state index contributed by atoms with van der Waals surface area (Å²) in [6.45, 7) is 4.65. The molecule has 1 heteroatoms. The average Bonchev–Trinajstić information content (AvgIpc) is 2.41. The maximum absolute atomic E-state index is 2.37. The zero-order valence-corrected chi connectivity index (χ0v) is 11.4. The van der Waals surface area contributed by atoms with Crippen LogP contribution in [0, 0.1) is 0 Å². The molecule has 1 atom stereocenters. The highest BCUT2D eigenvalue weighted by atomic mass is 31.1. The lowest BCUT2D eigenvalue weighted by Gasteiger charge is -2.24. The molecule has 0 spiro atoms. The summed E-state index contributed by atoms with van der Waals surface area (Å²) in [5.41, 5.74) is 0.731. The molecule has 2 aromatic rings. The Morgan fingerprint density at radius 1 is 0.824 bits per heavy atom.